The van der Waals surface area contributed by atoms with E-state index in [0.717, 1.165) is 44.5 Å². The standard InChI is InChI=1S/C19H30N4.HI/c1-19(2,14-22-18(20-3)21-12-15-8-9-15)23-11-10-16-6-4-5-7-17(16)13-23;/h4-7,15H,8-14H2,1-3H3,(H2,20,21,22);1H. The third kappa shape index (κ3) is 5.09. The van der Waals surface area contributed by atoms with Crippen molar-refractivity contribution in [2.24, 2.45) is 10.9 Å². The predicted molar refractivity (Wildman–Crippen MR) is 112 cm³/mol. The first kappa shape index (κ1) is 19.5. The third-order valence-corrected chi connectivity index (χ3v) is 5.15. The van der Waals surface area contributed by atoms with Crippen LogP contribution >= 0.6 is 24.0 Å². The first-order valence-electron chi connectivity index (χ1n) is 8.85. The van der Waals surface area contributed by atoms with Gasteiger partial charge >= 0.3 is 0 Å². The summed E-state index contributed by atoms with van der Waals surface area (Å²) in [4.78, 5) is 6.93. The number of hydrogen-bond acceptors (Lipinski definition) is 2. The van der Waals surface area contributed by atoms with E-state index >= 15 is 0 Å². The highest BCUT2D eigenvalue weighted by atomic mass is 127. The van der Waals surface area contributed by atoms with Gasteiger partial charge in [0.2, 0.25) is 0 Å². The lowest BCUT2D eigenvalue weighted by molar-refractivity contribution is 0.107. The smallest absolute Gasteiger partial charge is 0.191 e. The Labute approximate surface area is 163 Å². The van der Waals surface area contributed by atoms with Gasteiger partial charge in [-0.25, -0.2) is 0 Å². The van der Waals surface area contributed by atoms with Gasteiger partial charge in [0.15, 0.2) is 5.96 Å². The fraction of sp³-hybridized carbons (Fsp3) is 0.632. The van der Waals surface area contributed by atoms with E-state index < -0.39 is 0 Å². The fourth-order valence-corrected chi connectivity index (χ4v) is 3.21. The van der Waals surface area contributed by atoms with E-state index in [1.807, 2.05) is 7.05 Å². The normalized spacial score (nSPS) is 18.5. The molecule has 1 aliphatic carbocycles. The number of rotatable bonds is 5. The minimum atomic E-state index is 0. The molecule has 0 atom stereocenters. The van der Waals surface area contributed by atoms with Crippen molar-refractivity contribution in [3.63, 3.8) is 0 Å². The second-order valence-corrected chi connectivity index (χ2v) is 7.50. The number of fused-ring (bicyclic) bond motifs is 1. The Balaban J connectivity index is 0.00000208. The summed E-state index contributed by atoms with van der Waals surface area (Å²) in [5, 5.41) is 6.95. The van der Waals surface area contributed by atoms with Crippen LogP contribution in [-0.2, 0) is 13.0 Å². The Morgan fingerprint density at radius 3 is 2.58 bits per heavy atom. The molecule has 2 N–H and O–H groups in total. The SMILES string of the molecule is CN=C(NCC1CC1)NCC(C)(C)N1CCc2ccccc2C1.I. The van der Waals surface area contributed by atoms with Gasteiger partial charge in [0.25, 0.3) is 0 Å². The van der Waals surface area contributed by atoms with Crippen LogP contribution in [0.2, 0.25) is 0 Å². The van der Waals surface area contributed by atoms with Gasteiger partial charge in [0.05, 0.1) is 0 Å². The molecule has 0 aromatic heterocycles. The van der Waals surface area contributed by atoms with Crippen LogP contribution in [0.4, 0.5) is 0 Å². The minimum Gasteiger partial charge on any atom is -0.356 e. The van der Waals surface area contributed by atoms with Crippen molar-refractivity contribution in [3.8, 4) is 0 Å². The van der Waals surface area contributed by atoms with Gasteiger partial charge in [-0.05, 0) is 50.2 Å². The molecule has 0 amide bonds. The minimum absolute atomic E-state index is 0. The molecule has 4 nitrogen and oxygen atoms in total. The first-order chi connectivity index (χ1) is 11.1. The molecule has 2 aliphatic rings. The van der Waals surface area contributed by atoms with Crippen molar-refractivity contribution in [1.29, 1.82) is 0 Å². The maximum absolute atomic E-state index is 4.35. The molecule has 0 unspecified atom stereocenters. The Bertz CT molecular complexity index is 566. The first-order valence-corrected chi connectivity index (χ1v) is 8.85. The van der Waals surface area contributed by atoms with E-state index in [-0.39, 0.29) is 29.5 Å². The number of aliphatic imine (C=N–C) groups is 1. The number of guanidine groups is 1. The van der Waals surface area contributed by atoms with Crippen molar-refractivity contribution in [1.82, 2.24) is 15.5 Å². The summed E-state index contributed by atoms with van der Waals surface area (Å²) in [6, 6.07) is 8.83. The second-order valence-electron chi connectivity index (χ2n) is 7.50. The molecule has 24 heavy (non-hydrogen) atoms. The van der Waals surface area contributed by atoms with Crippen LogP contribution in [-0.4, -0.2) is 43.1 Å². The van der Waals surface area contributed by atoms with Crippen LogP contribution in [0.1, 0.15) is 37.8 Å². The van der Waals surface area contributed by atoms with Crippen LogP contribution in [0.5, 0.6) is 0 Å². The summed E-state index contributed by atoms with van der Waals surface area (Å²) in [6.07, 6.45) is 3.87. The van der Waals surface area contributed by atoms with Crippen LogP contribution in [0.15, 0.2) is 29.3 Å². The highest BCUT2D eigenvalue weighted by Gasteiger charge is 2.30. The summed E-state index contributed by atoms with van der Waals surface area (Å²) in [5.74, 6) is 1.79. The number of nitrogens with one attached hydrogen (secondary N) is 2. The second kappa shape index (κ2) is 8.52. The van der Waals surface area contributed by atoms with Gasteiger partial charge in [-0.1, -0.05) is 24.3 Å². The molecule has 1 aromatic rings. The largest absolute Gasteiger partial charge is 0.356 e. The molecule has 1 saturated carbocycles. The quantitative estimate of drug-likeness (QED) is 0.419. The average Bonchev–Trinajstić information content (AvgIpc) is 3.39. The van der Waals surface area contributed by atoms with E-state index in [1.165, 1.54) is 24.0 Å². The number of halogens is 1. The topological polar surface area (TPSA) is 39.7 Å². The highest BCUT2D eigenvalue weighted by Crippen LogP contribution is 2.27. The van der Waals surface area contributed by atoms with E-state index in [4.69, 9.17) is 0 Å². The van der Waals surface area contributed by atoms with E-state index in [9.17, 15) is 0 Å². The molecule has 3 rings (SSSR count). The molecule has 0 radical (unpaired) electrons. The number of benzene rings is 1. The molecular formula is C19H31IN4. The average molecular weight is 442 g/mol. The zero-order valence-electron chi connectivity index (χ0n) is 15.1. The van der Waals surface area contributed by atoms with Crippen LogP contribution in [0.3, 0.4) is 0 Å². The Morgan fingerprint density at radius 1 is 1.21 bits per heavy atom. The molecule has 0 spiro atoms. The van der Waals surface area contributed by atoms with E-state index in [1.54, 1.807) is 0 Å². The van der Waals surface area contributed by atoms with Gasteiger partial charge in [-0.2, -0.15) is 0 Å². The molecule has 5 heteroatoms. The molecular weight excluding hydrogens is 411 g/mol. The van der Waals surface area contributed by atoms with Gasteiger partial charge in [0, 0.05) is 38.8 Å². The van der Waals surface area contributed by atoms with Crippen molar-refractivity contribution < 1.29 is 0 Å². The monoisotopic (exact) mass is 442 g/mol. The van der Waals surface area contributed by atoms with E-state index in [0.29, 0.717) is 0 Å². The summed E-state index contributed by atoms with van der Waals surface area (Å²) < 4.78 is 0. The van der Waals surface area contributed by atoms with Crippen LogP contribution in [0.25, 0.3) is 0 Å². The van der Waals surface area contributed by atoms with Crippen LogP contribution < -0.4 is 10.6 Å². The lowest BCUT2D eigenvalue weighted by atomic mass is 9.94. The van der Waals surface area contributed by atoms with Crippen molar-refractivity contribution in [3.05, 3.63) is 35.4 Å². The lowest BCUT2D eigenvalue weighted by Crippen LogP contribution is -2.54. The predicted octanol–water partition coefficient (Wildman–Crippen LogP) is 3.02. The summed E-state index contributed by atoms with van der Waals surface area (Å²) >= 11 is 0. The number of hydrogen-bond donors (Lipinski definition) is 2. The maximum Gasteiger partial charge on any atom is 0.191 e. The van der Waals surface area contributed by atoms with E-state index in [2.05, 4.69) is 58.6 Å². The van der Waals surface area contributed by atoms with Gasteiger partial charge in [-0.15, -0.1) is 24.0 Å². The summed E-state index contributed by atoms with van der Waals surface area (Å²) in [5.41, 5.74) is 3.09. The highest BCUT2D eigenvalue weighted by molar-refractivity contribution is 14.0. The molecule has 1 aliphatic heterocycles. The summed E-state index contributed by atoms with van der Waals surface area (Å²) in [7, 11) is 1.85. The molecule has 134 valence electrons. The Kier molecular flexibility index (Phi) is 6.92. The van der Waals surface area contributed by atoms with Gasteiger partial charge in [0.1, 0.15) is 0 Å². The molecule has 0 bridgehead atoms. The fourth-order valence-electron chi connectivity index (χ4n) is 3.21. The molecule has 1 fully saturated rings. The maximum atomic E-state index is 4.35. The van der Waals surface area contributed by atoms with Crippen LogP contribution in [0, 0.1) is 5.92 Å². The van der Waals surface area contributed by atoms with Crippen molar-refractivity contribution >= 4 is 29.9 Å². The van der Waals surface area contributed by atoms with Gasteiger partial charge in [-0.3, -0.25) is 9.89 Å². The Hall–Kier alpha value is -0.820. The summed E-state index contributed by atoms with van der Waals surface area (Å²) in [6.45, 7) is 8.76. The Morgan fingerprint density at radius 2 is 1.92 bits per heavy atom. The molecule has 0 saturated heterocycles. The molecule has 1 heterocycles. The zero-order valence-corrected chi connectivity index (χ0v) is 17.5. The zero-order chi connectivity index (χ0) is 16.3. The van der Waals surface area contributed by atoms with Crippen molar-refractivity contribution in [2.45, 2.75) is 45.2 Å². The lowest BCUT2D eigenvalue weighted by Gasteiger charge is -2.42. The third-order valence-electron chi connectivity index (χ3n) is 5.15. The van der Waals surface area contributed by atoms with Crippen molar-refractivity contribution in [2.75, 3.05) is 26.7 Å². The number of nitrogens with zero attached hydrogens (tertiary/aromatic N) is 2. The molecule has 1 aromatic carbocycles. The van der Waals surface area contributed by atoms with Gasteiger partial charge < -0.3 is 10.6 Å².